The summed E-state index contributed by atoms with van der Waals surface area (Å²) in [4.78, 5) is 12.9. The van der Waals surface area contributed by atoms with Crippen molar-refractivity contribution in [1.29, 1.82) is 0 Å². The molecule has 20 heavy (non-hydrogen) atoms. The zero-order valence-electron chi connectivity index (χ0n) is 10.4. The molecule has 0 spiro atoms. The summed E-state index contributed by atoms with van der Waals surface area (Å²) in [6.07, 6.45) is 9.30. The van der Waals surface area contributed by atoms with E-state index in [-0.39, 0.29) is 12.4 Å². The number of aromatic nitrogens is 3. The molecule has 3 rings (SSSR count). The minimum Gasteiger partial charge on any atom is -0.263 e. The lowest BCUT2D eigenvalue weighted by Crippen LogP contribution is -1.85. The van der Waals surface area contributed by atoms with Gasteiger partial charge in [0.25, 0.3) is 0 Å². The number of pyridine rings is 3. The van der Waals surface area contributed by atoms with Crippen LogP contribution in [0.5, 0.6) is 0 Å². The second kappa shape index (κ2) is 6.59. The topological polar surface area (TPSA) is 38.7 Å². The third kappa shape index (κ3) is 3.40. The highest BCUT2D eigenvalue weighted by Crippen LogP contribution is 2.14. The number of hydrogen-bond acceptors (Lipinski definition) is 3. The molecule has 3 aromatic heterocycles. The molecule has 0 fully saturated rings. The van der Waals surface area contributed by atoms with Gasteiger partial charge < -0.3 is 0 Å². The van der Waals surface area contributed by atoms with Gasteiger partial charge in [0, 0.05) is 23.1 Å². The zero-order chi connectivity index (χ0) is 13.1. The van der Waals surface area contributed by atoms with Crippen LogP contribution in [0.1, 0.15) is 11.3 Å². The van der Waals surface area contributed by atoms with Crippen LogP contribution in [0.4, 0.5) is 0 Å². The van der Waals surface area contributed by atoms with E-state index in [1.165, 1.54) is 0 Å². The van der Waals surface area contributed by atoms with Crippen molar-refractivity contribution in [2.45, 2.75) is 0 Å². The molecule has 5 heteroatoms. The number of fused-ring (bicyclic) bond motifs is 1. The first kappa shape index (κ1) is 14.6. The van der Waals surface area contributed by atoms with Gasteiger partial charge in [-0.3, -0.25) is 9.97 Å². The van der Waals surface area contributed by atoms with E-state index in [9.17, 15) is 0 Å². The molecule has 0 radical (unpaired) electrons. The van der Waals surface area contributed by atoms with Crippen molar-refractivity contribution in [1.82, 2.24) is 15.0 Å². The van der Waals surface area contributed by atoms with Crippen molar-refractivity contribution in [2.24, 2.45) is 0 Å². The van der Waals surface area contributed by atoms with Crippen LogP contribution in [0.25, 0.3) is 23.2 Å². The molecule has 0 aliphatic heterocycles. The highest BCUT2D eigenvalue weighted by Gasteiger charge is 1.96. The molecule has 100 valence electrons. The summed E-state index contributed by atoms with van der Waals surface area (Å²) in [5.41, 5.74) is 3.74. The fourth-order valence-electron chi connectivity index (χ4n) is 1.77. The molecule has 0 N–H and O–H groups in total. The van der Waals surface area contributed by atoms with Crippen LogP contribution >= 0.6 is 28.3 Å². The molecule has 0 saturated carbocycles. The van der Waals surface area contributed by atoms with Crippen LogP contribution in [-0.2, 0) is 0 Å². The standard InChI is InChI=1S/C15H10BrN3.ClH/c16-12-8-11(9-17-10-12)3-4-13-5-6-14-15(19-13)2-1-7-18-14;/h1-10H;1H/b4-3+;. The van der Waals surface area contributed by atoms with Crippen LogP contribution in [0.2, 0.25) is 0 Å². The third-order valence-corrected chi connectivity index (χ3v) is 3.08. The van der Waals surface area contributed by atoms with Gasteiger partial charge >= 0.3 is 0 Å². The van der Waals surface area contributed by atoms with Crippen LogP contribution in [0.3, 0.4) is 0 Å². The molecule has 0 bridgehead atoms. The van der Waals surface area contributed by atoms with E-state index in [2.05, 4.69) is 30.9 Å². The second-order valence-electron chi connectivity index (χ2n) is 4.05. The summed E-state index contributed by atoms with van der Waals surface area (Å²) in [5.74, 6) is 0. The van der Waals surface area contributed by atoms with Gasteiger partial charge in [0.1, 0.15) is 0 Å². The summed E-state index contributed by atoms with van der Waals surface area (Å²) in [6, 6.07) is 9.78. The Hall–Kier alpha value is -1.78. The van der Waals surface area contributed by atoms with E-state index < -0.39 is 0 Å². The summed E-state index contributed by atoms with van der Waals surface area (Å²) in [7, 11) is 0. The molecule has 0 aliphatic rings. The fraction of sp³-hybridized carbons (Fsp3) is 0. The Morgan fingerprint density at radius 1 is 1.00 bits per heavy atom. The Morgan fingerprint density at radius 3 is 2.75 bits per heavy atom. The van der Waals surface area contributed by atoms with Gasteiger partial charge in [0.15, 0.2) is 0 Å². The second-order valence-corrected chi connectivity index (χ2v) is 4.96. The maximum Gasteiger partial charge on any atom is 0.0893 e. The van der Waals surface area contributed by atoms with Crippen molar-refractivity contribution in [3.05, 3.63) is 64.7 Å². The van der Waals surface area contributed by atoms with E-state index >= 15 is 0 Å². The molecule has 3 aromatic rings. The first-order valence-corrected chi connectivity index (χ1v) is 6.61. The van der Waals surface area contributed by atoms with E-state index in [0.717, 1.165) is 26.8 Å². The molecule has 3 heterocycles. The van der Waals surface area contributed by atoms with Crippen molar-refractivity contribution >= 4 is 51.5 Å². The minimum atomic E-state index is 0. The molecule has 0 aliphatic carbocycles. The van der Waals surface area contributed by atoms with E-state index in [1.807, 2.05) is 48.7 Å². The Bertz CT molecular complexity index is 759. The maximum atomic E-state index is 4.53. The Morgan fingerprint density at radius 2 is 1.90 bits per heavy atom. The average molecular weight is 349 g/mol. The number of hydrogen-bond donors (Lipinski definition) is 0. The highest BCUT2D eigenvalue weighted by molar-refractivity contribution is 9.10. The molecule has 3 nitrogen and oxygen atoms in total. The number of halogens is 2. The van der Waals surface area contributed by atoms with Gasteiger partial charge in [-0.1, -0.05) is 6.08 Å². The van der Waals surface area contributed by atoms with Gasteiger partial charge in [-0.05, 0) is 57.9 Å². The largest absolute Gasteiger partial charge is 0.263 e. The molecular formula is C15H11BrClN3. The smallest absolute Gasteiger partial charge is 0.0893 e. The van der Waals surface area contributed by atoms with Gasteiger partial charge in [0.2, 0.25) is 0 Å². The van der Waals surface area contributed by atoms with Gasteiger partial charge in [-0.15, -0.1) is 12.4 Å². The molecule has 0 saturated heterocycles. The number of rotatable bonds is 2. The fourth-order valence-corrected chi connectivity index (χ4v) is 2.15. The SMILES string of the molecule is Brc1cncc(/C=C/c2ccc3ncccc3n2)c1.Cl. The average Bonchev–Trinajstić information content (AvgIpc) is 2.45. The van der Waals surface area contributed by atoms with Crippen LogP contribution in [0, 0.1) is 0 Å². The molecule has 0 aromatic carbocycles. The Kier molecular flexibility index (Phi) is 4.82. The van der Waals surface area contributed by atoms with E-state index in [4.69, 9.17) is 0 Å². The molecule has 0 atom stereocenters. The quantitative estimate of drug-likeness (QED) is 0.690. The summed E-state index contributed by atoms with van der Waals surface area (Å²) >= 11 is 3.40. The van der Waals surface area contributed by atoms with Gasteiger partial charge in [0.05, 0.1) is 16.7 Å². The lowest BCUT2D eigenvalue weighted by Gasteiger charge is -1.98. The summed E-state index contributed by atoms with van der Waals surface area (Å²) < 4.78 is 0.963. The van der Waals surface area contributed by atoms with Crippen molar-refractivity contribution in [2.75, 3.05) is 0 Å². The van der Waals surface area contributed by atoms with E-state index in [0.29, 0.717) is 0 Å². The van der Waals surface area contributed by atoms with Crippen molar-refractivity contribution in [3.8, 4) is 0 Å². The molecule has 0 amide bonds. The Labute approximate surface area is 131 Å². The third-order valence-electron chi connectivity index (χ3n) is 2.65. The zero-order valence-corrected chi connectivity index (χ0v) is 12.8. The monoisotopic (exact) mass is 347 g/mol. The first-order valence-electron chi connectivity index (χ1n) is 5.82. The van der Waals surface area contributed by atoms with Crippen LogP contribution < -0.4 is 0 Å². The normalized spacial score (nSPS) is 10.7. The lowest BCUT2D eigenvalue weighted by molar-refractivity contribution is 1.30. The molecular weight excluding hydrogens is 338 g/mol. The lowest BCUT2D eigenvalue weighted by atomic mass is 10.2. The van der Waals surface area contributed by atoms with Crippen LogP contribution in [0.15, 0.2) is 53.4 Å². The maximum absolute atomic E-state index is 4.53. The first-order chi connectivity index (χ1) is 9.31. The summed E-state index contributed by atoms with van der Waals surface area (Å²) in [5, 5.41) is 0. The van der Waals surface area contributed by atoms with Crippen LogP contribution in [-0.4, -0.2) is 15.0 Å². The summed E-state index contributed by atoms with van der Waals surface area (Å²) in [6.45, 7) is 0. The number of nitrogens with zero attached hydrogens (tertiary/aromatic N) is 3. The van der Waals surface area contributed by atoms with Crippen molar-refractivity contribution in [3.63, 3.8) is 0 Å². The predicted octanol–water partition coefficient (Wildman–Crippen LogP) is 4.38. The predicted molar refractivity (Wildman–Crippen MR) is 87.7 cm³/mol. The van der Waals surface area contributed by atoms with Gasteiger partial charge in [-0.25, -0.2) is 4.98 Å². The van der Waals surface area contributed by atoms with Crippen molar-refractivity contribution < 1.29 is 0 Å². The highest BCUT2D eigenvalue weighted by atomic mass is 79.9. The van der Waals surface area contributed by atoms with E-state index in [1.54, 1.807) is 12.4 Å². The molecule has 0 unspecified atom stereocenters. The van der Waals surface area contributed by atoms with Gasteiger partial charge in [-0.2, -0.15) is 0 Å². The Balaban J connectivity index is 0.00000147. The minimum absolute atomic E-state index is 0.